The number of carbonyl (C=O) groups is 1. The van der Waals surface area contributed by atoms with Crippen LogP contribution >= 0.6 is 0 Å². The minimum Gasteiger partial charge on any atom is -0.364 e. The fraction of sp³-hybridized carbons (Fsp3) is 0.824. The maximum atomic E-state index is 11.8. The summed E-state index contributed by atoms with van der Waals surface area (Å²) in [6.45, 7) is 8.34. The van der Waals surface area contributed by atoms with Gasteiger partial charge in [-0.05, 0) is 32.6 Å². The molecule has 1 heterocycles. The second-order valence-electron chi connectivity index (χ2n) is 6.64. The van der Waals surface area contributed by atoms with E-state index in [4.69, 9.17) is 4.74 Å². The zero-order valence-electron chi connectivity index (χ0n) is 14.3. The third-order valence-corrected chi connectivity index (χ3v) is 4.58. The molecular formula is C17H29N3O2. The van der Waals surface area contributed by atoms with Crippen molar-refractivity contribution in [3.05, 3.63) is 11.4 Å². The van der Waals surface area contributed by atoms with Crippen LogP contribution in [0, 0.1) is 5.92 Å². The minimum absolute atomic E-state index is 0.0174. The van der Waals surface area contributed by atoms with Gasteiger partial charge in [0.1, 0.15) is 18.4 Å². The van der Waals surface area contributed by atoms with Gasteiger partial charge in [-0.2, -0.15) is 0 Å². The zero-order valence-corrected chi connectivity index (χ0v) is 14.3. The Morgan fingerprint density at radius 2 is 2.09 bits per heavy atom. The van der Waals surface area contributed by atoms with Gasteiger partial charge in [-0.3, -0.25) is 4.79 Å². The summed E-state index contributed by atoms with van der Waals surface area (Å²) in [6.07, 6.45) is 6.37. The molecule has 0 aromatic carbocycles. The Labute approximate surface area is 133 Å². The molecule has 0 radical (unpaired) electrons. The molecule has 124 valence electrons. The molecule has 0 saturated carbocycles. The fourth-order valence-electron chi connectivity index (χ4n) is 2.79. The number of fused-ring (bicyclic) bond motifs is 1. The van der Waals surface area contributed by atoms with Crippen molar-refractivity contribution >= 4 is 5.78 Å². The lowest BCUT2D eigenvalue weighted by molar-refractivity contribution is -0.129. The van der Waals surface area contributed by atoms with Gasteiger partial charge in [-0.15, -0.1) is 5.10 Å². The summed E-state index contributed by atoms with van der Waals surface area (Å²) >= 11 is 0. The van der Waals surface area contributed by atoms with Gasteiger partial charge in [0.25, 0.3) is 0 Å². The van der Waals surface area contributed by atoms with Gasteiger partial charge < -0.3 is 4.74 Å². The molecule has 0 amide bonds. The van der Waals surface area contributed by atoms with Crippen molar-refractivity contribution in [3.8, 4) is 0 Å². The Bertz CT molecular complexity index is 496. The van der Waals surface area contributed by atoms with Crippen molar-refractivity contribution < 1.29 is 9.53 Å². The van der Waals surface area contributed by atoms with Crippen molar-refractivity contribution in [3.63, 3.8) is 0 Å². The molecule has 0 saturated heterocycles. The predicted molar refractivity (Wildman–Crippen MR) is 85.7 cm³/mol. The normalized spacial score (nSPS) is 20.3. The predicted octanol–water partition coefficient (Wildman–Crippen LogP) is 3.65. The molecular weight excluding hydrogens is 278 g/mol. The van der Waals surface area contributed by atoms with Gasteiger partial charge in [0.05, 0.1) is 11.7 Å². The number of hydrogen-bond acceptors (Lipinski definition) is 4. The highest BCUT2D eigenvalue weighted by Crippen LogP contribution is 2.30. The van der Waals surface area contributed by atoms with Gasteiger partial charge in [-0.1, -0.05) is 38.8 Å². The van der Waals surface area contributed by atoms with Crippen molar-refractivity contribution in [2.24, 2.45) is 5.92 Å². The number of aromatic nitrogens is 3. The molecule has 5 nitrogen and oxygen atoms in total. The van der Waals surface area contributed by atoms with Crippen LogP contribution in [0.3, 0.4) is 0 Å². The topological polar surface area (TPSA) is 57.0 Å². The quantitative estimate of drug-likeness (QED) is 0.805. The summed E-state index contributed by atoms with van der Waals surface area (Å²) < 4.78 is 7.99. The van der Waals surface area contributed by atoms with E-state index in [1.54, 1.807) is 0 Å². The summed E-state index contributed by atoms with van der Waals surface area (Å²) in [5.41, 5.74) is 2.16. The molecule has 22 heavy (non-hydrogen) atoms. The minimum atomic E-state index is -0.0872. The SMILES string of the molecule is CCC(C)n1nnc2c1CCCCCC2OCC(=O)C(C)C. The van der Waals surface area contributed by atoms with E-state index in [2.05, 4.69) is 28.8 Å². The number of Topliss-reactive ketones (excluding diaryl/α,β-unsaturated/α-hetero) is 1. The largest absolute Gasteiger partial charge is 0.364 e. The first-order chi connectivity index (χ1) is 10.5. The number of ether oxygens (including phenoxy) is 1. The fourth-order valence-corrected chi connectivity index (χ4v) is 2.79. The summed E-state index contributed by atoms with van der Waals surface area (Å²) in [5.74, 6) is 0.168. The average Bonchev–Trinajstić information content (AvgIpc) is 2.88. The first-order valence-corrected chi connectivity index (χ1v) is 8.62. The van der Waals surface area contributed by atoms with E-state index < -0.39 is 0 Å². The Hall–Kier alpha value is -1.23. The molecule has 1 aliphatic carbocycles. The van der Waals surface area contributed by atoms with Gasteiger partial charge in [0, 0.05) is 5.92 Å². The van der Waals surface area contributed by atoms with Crippen LogP contribution in [0.1, 0.15) is 83.3 Å². The molecule has 2 atom stereocenters. The standard InChI is InChI=1S/C17H29N3O2/c1-5-13(4)20-14-9-7-6-8-10-16(17(14)18-19-20)22-11-15(21)12(2)3/h12-13,16H,5-11H2,1-4H3. The monoisotopic (exact) mass is 307 g/mol. The summed E-state index contributed by atoms with van der Waals surface area (Å²) in [6, 6.07) is 0.355. The van der Waals surface area contributed by atoms with Gasteiger partial charge in [0.15, 0.2) is 5.78 Å². The highest BCUT2D eigenvalue weighted by atomic mass is 16.5. The first kappa shape index (κ1) is 17.1. The molecule has 1 aromatic heterocycles. The maximum absolute atomic E-state index is 11.8. The van der Waals surface area contributed by atoms with Gasteiger partial charge >= 0.3 is 0 Å². The second kappa shape index (κ2) is 7.86. The van der Waals surface area contributed by atoms with E-state index >= 15 is 0 Å². The Balaban J connectivity index is 2.18. The average molecular weight is 307 g/mol. The molecule has 0 aliphatic heterocycles. The van der Waals surface area contributed by atoms with E-state index in [0.717, 1.165) is 31.4 Å². The maximum Gasteiger partial charge on any atom is 0.161 e. The van der Waals surface area contributed by atoms with E-state index in [0.29, 0.717) is 6.04 Å². The lowest BCUT2D eigenvalue weighted by Gasteiger charge is -2.21. The molecule has 2 unspecified atom stereocenters. The van der Waals surface area contributed by atoms with Crippen molar-refractivity contribution in [2.75, 3.05) is 6.61 Å². The lowest BCUT2D eigenvalue weighted by Crippen LogP contribution is -2.19. The van der Waals surface area contributed by atoms with Gasteiger partial charge in [-0.25, -0.2) is 4.68 Å². The molecule has 5 heteroatoms. The number of hydrogen-bond donors (Lipinski definition) is 0. The summed E-state index contributed by atoms with van der Waals surface area (Å²) in [7, 11) is 0. The molecule has 0 bridgehead atoms. The second-order valence-corrected chi connectivity index (χ2v) is 6.64. The highest BCUT2D eigenvalue weighted by Gasteiger charge is 2.26. The van der Waals surface area contributed by atoms with Crippen LogP contribution < -0.4 is 0 Å². The number of ketones is 1. The summed E-state index contributed by atoms with van der Waals surface area (Å²) in [4.78, 5) is 11.8. The number of rotatable bonds is 6. The van der Waals surface area contributed by atoms with Crippen molar-refractivity contribution in [1.82, 2.24) is 15.0 Å². The number of nitrogens with zero attached hydrogens (tertiary/aromatic N) is 3. The lowest BCUT2D eigenvalue weighted by atomic mass is 9.98. The van der Waals surface area contributed by atoms with Crippen molar-refractivity contribution in [1.29, 1.82) is 0 Å². The zero-order chi connectivity index (χ0) is 16.1. The van der Waals surface area contributed by atoms with Crippen LogP contribution in [0.5, 0.6) is 0 Å². The Morgan fingerprint density at radius 3 is 2.77 bits per heavy atom. The van der Waals surface area contributed by atoms with Crippen LogP contribution in [0.25, 0.3) is 0 Å². The first-order valence-electron chi connectivity index (χ1n) is 8.62. The van der Waals surface area contributed by atoms with Crippen LogP contribution in [-0.4, -0.2) is 27.4 Å². The summed E-state index contributed by atoms with van der Waals surface area (Å²) in [5, 5.41) is 8.77. The van der Waals surface area contributed by atoms with Crippen LogP contribution in [0.4, 0.5) is 0 Å². The highest BCUT2D eigenvalue weighted by molar-refractivity contribution is 5.81. The van der Waals surface area contributed by atoms with E-state index in [-0.39, 0.29) is 24.4 Å². The number of carbonyl (C=O) groups excluding carboxylic acids is 1. The van der Waals surface area contributed by atoms with Crippen LogP contribution in [-0.2, 0) is 16.0 Å². The Kier molecular flexibility index (Phi) is 6.12. The van der Waals surface area contributed by atoms with Crippen LogP contribution in [0.15, 0.2) is 0 Å². The van der Waals surface area contributed by atoms with E-state index in [1.807, 2.05) is 13.8 Å². The molecule has 1 aromatic rings. The third-order valence-electron chi connectivity index (χ3n) is 4.58. The molecule has 1 aliphatic rings. The smallest absolute Gasteiger partial charge is 0.161 e. The van der Waals surface area contributed by atoms with E-state index in [9.17, 15) is 4.79 Å². The van der Waals surface area contributed by atoms with Crippen molar-refractivity contribution in [2.45, 2.75) is 78.4 Å². The third kappa shape index (κ3) is 3.94. The molecule has 0 fully saturated rings. The molecule has 2 rings (SSSR count). The van der Waals surface area contributed by atoms with Gasteiger partial charge in [0.2, 0.25) is 0 Å². The molecule has 0 N–H and O–H groups in total. The van der Waals surface area contributed by atoms with E-state index in [1.165, 1.54) is 18.5 Å². The molecule has 0 spiro atoms. The Morgan fingerprint density at radius 1 is 1.32 bits per heavy atom. The van der Waals surface area contributed by atoms with Crippen LogP contribution in [0.2, 0.25) is 0 Å².